The second-order valence-corrected chi connectivity index (χ2v) is 7.90. The largest absolute Gasteiger partial charge is 0.361 e. The summed E-state index contributed by atoms with van der Waals surface area (Å²) in [5.41, 5.74) is 6.42. The lowest BCUT2D eigenvalue weighted by atomic mass is 10.0. The Kier molecular flexibility index (Phi) is 4.31. The van der Waals surface area contributed by atoms with E-state index in [4.69, 9.17) is 0 Å². The highest BCUT2D eigenvalue weighted by Gasteiger charge is 2.17. The molecule has 5 heteroatoms. The molecule has 0 radical (unpaired) electrons. The number of benzene rings is 2. The smallest absolute Gasteiger partial charge is 0.147 e. The average molecular weight is 388 g/mol. The Hall–Kier alpha value is -3.21. The number of H-pyrrole nitrogens is 2. The summed E-state index contributed by atoms with van der Waals surface area (Å²) >= 11 is 0. The van der Waals surface area contributed by atoms with Gasteiger partial charge in [-0.2, -0.15) is 0 Å². The Bertz CT molecular complexity index is 1220. The number of nitrogens with zero attached hydrogens (tertiary/aromatic N) is 2. The molecule has 0 atom stereocenters. The summed E-state index contributed by atoms with van der Waals surface area (Å²) in [6.07, 6.45) is 7.25. The summed E-state index contributed by atoms with van der Waals surface area (Å²) < 4.78 is 14.2. The topological polar surface area (TPSA) is 38.1 Å². The van der Waals surface area contributed by atoms with E-state index in [1.807, 2.05) is 19.2 Å². The normalized spacial score (nSPS) is 14.4. The number of nitrogens with one attached hydrogen (secondary N) is 2. The molecule has 2 N–H and O–H groups in total. The molecule has 0 spiro atoms. The Morgan fingerprint density at radius 3 is 2.90 bits per heavy atom. The Morgan fingerprint density at radius 2 is 2.00 bits per heavy atom. The van der Waals surface area contributed by atoms with Gasteiger partial charge in [0.1, 0.15) is 5.82 Å². The van der Waals surface area contributed by atoms with Gasteiger partial charge in [0.05, 0.1) is 12.2 Å². The summed E-state index contributed by atoms with van der Waals surface area (Å²) in [6, 6.07) is 12.1. The van der Waals surface area contributed by atoms with Gasteiger partial charge in [0.25, 0.3) is 0 Å². The minimum absolute atomic E-state index is 0.177. The van der Waals surface area contributed by atoms with Crippen molar-refractivity contribution in [2.45, 2.75) is 20.3 Å². The van der Waals surface area contributed by atoms with Gasteiger partial charge in [0.15, 0.2) is 0 Å². The van der Waals surface area contributed by atoms with Crippen molar-refractivity contribution in [3.05, 3.63) is 77.5 Å². The van der Waals surface area contributed by atoms with E-state index in [0.29, 0.717) is 5.52 Å². The van der Waals surface area contributed by atoms with Crippen LogP contribution in [0.1, 0.15) is 16.8 Å². The molecule has 5 rings (SSSR count). The molecule has 4 aromatic rings. The van der Waals surface area contributed by atoms with Crippen molar-refractivity contribution in [3.63, 3.8) is 0 Å². The fraction of sp³-hybridized carbons (Fsp3) is 0.250. The molecule has 0 aliphatic carbocycles. The van der Waals surface area contributed by atoms with E-state index in [1.54, 1.807) is 6.07 Å². The summed E-state index contributed by atoms with van der Waals surface area (Å²) in [4.78, 5) is 11.2. The lowest BCUT2D eigenvalue weighted by molar-refractivity contribution is 0.366. The molecular formula is C24H25FN4. The van der Waals surface area contributed by atoms with Crippen molar-refractivity contribution in [2.75, 3.05) is 24.7 Å². The van der Waals surface area contributed by atoms with Gasteiger partial charge in [-0.05, 0) is 74.0 Å². The number of aromatic amines is 2. The van der Waals surface area contributed by atoms with Crippen LogP contribution in [-0.2, 0) is 6.42 Å². The molecule has 0 saturated carbocycles. The van der Waals surface area contributed by atoms with Crippen molar-refractivity contribution in [1.82, 2.24) is 14.9 Å². The molecule has 29 heavy (non-hydrogen) atoms. The molecule has 2 aromatic heterocycles. The van der Waals surface area contributed by atoms with Gasteiger partial charge in [-0.1, -0.05) is 6.07 Å². The van der Waals surface area contributed by atoms with Crippen LogP contribution in [0.15, 0.2) is 54.9 Å². The molecular weight excluding hydrogens is 363 g/mol. The number of rotatable bonds is 4. The minimum Gasteiger partial charge on any atom is -0.361 e. The summed E-state index contributed by atoms with van der Waals surface area (Å²) in [6.45, 7) is 6.74. The number of fused-ring (bicyclic) bond motifs is 2. The van der Waals surface area contributed by atoms with E-state index in [1.165, 1.54) is 16.6 Å². The third-order valence-corrected chi connectivity index (χ3v) is 5.98. The Balaban J connectivity index is 1.34. The molecule has 4 nitrogen and oxygen atoms in total. The summed E-state index contributed by atoms with van der Waals surface area (Å²) in [5.74, 6) is -0.177. The molecule has 0 unspecified atom stereocenters. The highest BCUT2D eigenvalue weighted by molar-refractivity contribution is 5.88. The van der Waals surface area contributed by atoms with Crippen molar-refractivity contribution in [3.8, 4) is 0 Å². The first-order chi connectivity index (χ1) is 14.1. The van der Waals surface area contributed by atoms with Crippen LogP contribution >= 0.6 is 0 Å². The molecule has 2 aromatic carbocycles. The van der Waals surface area contributed by atoms with E-state index in [-0.39, 0.29) is 5.82 Å². The predicted octanol–water partition coefficient (Wildman–Crippen LogP) is 5.24. The second kappa shape index (κ2) is 6.99. The van der Waals surface area contributed by atoms with E-state index < -0.39 is 0 Å². The first-order valence-corrected chi connectivity index (χ1v) is 10.1. The van der Waals surface area contributed by atoms with E-state index in [0.717, 1.165) is 48.3 Å². The summed E-state index contributed by atoms with van der Waals surface area (Å²) in [7, 11) is 0. The zero-order valence-corrected chi connectivity index (χ0v) is 16.8. The van der Waals surface area contributed by atoms with Gasteiger partial charge >= 0.3 is 0 Å². The average Bonchev–Trinajstić information content (AvgIpc) is 3.33. The first-order valence-electron chi connectivity index (χ1n) is 10.1. The van der Waals surface area contributed by atoms with Crippen molar-refractivity contribution >= 4 is 27.5 Å². The lowest BCUT2D eigenvalue weighted by Gasteiger charge is -2.34. The van der Waals surface area contributed by atoms with Crippen LogP contribution in [0.5, 0.6) is 0 Å². The maximum Gasteiger partial charge on any atom is 0.147 e. The molecule has 0 bridgehead atoms. The van der Waals surface area contributed by atoms with Gasteiger partial charge in [0, 0.05) is 47.0 Å². The van der Waals surface area contributed by atoms with Crippen molar-refractivity contribution < 1.29 is 4.39 Å². The highest BCUT2D eigenvalue weighted by atomic mass is 19.1. The van der Waals surface area contributed by atoms with Gasteiger partial charge in [-0.25, -0.2) is 4.39 Å². The number of hydrogen-bond donors (Lipinski definition) is 2. The minimum atomic E-state index is -0.177. The van der Waals surface area contributed by atoms with Crippen molar-refractivity contribution in [1.29, 1.82) is 0 Å². The molecule has 3 heterocycles. The molecule has 0 amide bonds. The van der Waals surface area contributed by atoms with Gasteiger partial charge in [-0.3, -0.25) is 0 Å². The third kappa shape index (κ3) is 3.16. The Morgan fingerprint density at radius 1 is 1.10 bits per heavy atom. The van der Waals surface area contributed by atoms with Gasteiger partial charge < -0.3 is 19.8 Å². The van der Waals surface area contributed by atoms with Crippen LogP contribution < -0.4 is 4.90 Å². The number of halogens is 1. The van der Waals surface area contributed by atoms with Crippen LogP contribution in [0, 0.1) is 19.7 Å². The second-order valence-electron chi connectivity index (χ2n) is 7.90. The number of aromatic nitrogens is 2. The van der Waals surface area contributed by atoms with E-state index in [9.17, 15) is 4.39 Å². The first kappa shape index (κ1) is 17.9. The highest BCUT2D eigenvalue weighted by Crippen LogP contribution is 2.28. The van der Waals surface area contributed by atoms with Crippen LogP contribution in [0.4, 0.5) is 10.1 Å². The van der Waals surface area contributed by atoms with Crippen LogP contribution in [-0.4, -0.2) is 34.6 Å². The number of aryl methyl sites for hydroxylation is 2. The summed E-state index contributed by atoms with van der Waals surface area (Å²) in [5, 5.41) is 2.27. The quantitative estimate of drug-likeness (QED) is 0.502. The van der Waals surface area contributed by atoms with Gasteiger partial charge in [-0.15, -0.1) is 0 Å². The lowest BCUT2D eigenvalue weighted by Crippen LogP contribution is -2.39. The van der Waals surface area contributed by atoms with Gasteiger partial charge in [0.2, 0.25) is 0 Å². The fourth-order valence-corrected chi connectivity index (χ4v) is 4.43. The van der Waals surface area contributed by atoms with Crippen molar-refractivity contribution in [2.24, 2.45) is 0 Å². The standard InChI is InChI=1S/C24H25FN4/c1-16-4-6-21(25)24-23(16)20(17(2)27-24)9-13-28-11-3-12-29(15-28)19-5-7-22-18(14-19)8-10-26-22/h3-8,10-11,14,26-27H,9,12-13,15H2,1-2H3. The van der Waals surface area contributed by atoms with Crippen LogP contribution in [0.3, 0.4) is 0 Å². The molecule has 1 aliphatic heterocycles. The fourth-order valence-electron chi connectivity index (χ4n) is 4.43. The molecule has 0 fully saturated rings. The number of anilines is 1. The van der Waals surface area contributed by atoms with E-state index >= 15 is 0 Å². The maximum atomic E-state index is 14.2. The Labute approximate surface area is 169 Å². The SMILES string of the molecule is Cc1[nH]c2c(F)ccc(C)c2c1CCN1C=CCN(c2ccc3[nH]ccc3c2)C1. The molecule has 148 valence electrons. The van der Waals surface area contributed by atoms with E-state index in [2.05, 4.69) is 63.2 Å². The van der Waals surface area contributed by atoms with Crippen LogP contribution in [0.25, 0.3) is 21.8 Å². The monoisotopic (exact) mass is 388 g/mol. The maximum absolute atomic E-state index is 14.2. The molecule has 0 saturated heterocycles. The zero-order chi connectivity index (χ0) is 20.0. The zero-order valence-electron chi connectivity index (χ0n) is 16.8. The molecule has 1 aliphatic rings. The number of hydrogen-bond acceptors (Lipinski definition) is 2. The predicted molar refractivity (Wildman–Crippen MR) is 118 cm³/mol. The van der Waals surface area contributed by atoms with Crippen LogP contribution in [0.2, 0.25) is 0 Å². The third-order valence-electron chi connectivity index (χ3n) is 5.98.